The standard InChI is InChI=1S/C27H29F2N3O5S/c1-4-37-24-13-15-25(16-14-24)38(35,36)32(23-11-9-22(29)10-12-23)18-26(33)31(19(2)27(34)30-3)17-20-5-7-21(28)8-6-20/h5-16,19H,4,17-18H2,1-3H3,(H,30,34)/t19-/m0/s1. The van der Waals surface area contributed by atoms with E-state index >= 15 is 0 Å². The van der Waals surface area contributed by atoms with E-state index in [1.165, 1.54) is 79.5 Å². The minimum absolute atomic E-state index is 0.0583. The van der Waals surface area contributed by atoms with Crippen LogP contribution in [0.4, 0.5) is 14.5 Å². The number of nitrogens with zero attached hydrogens (tertiary/aromatic N) is 2. The Kier molecular flexibility index (Phi) is 9.40. The fourth-order valence-electron chi connectivity index (χ4n) is 3.72. The van der Waals surface area contributed by atoms with Crippen molar-refractivity contribution in [3.8, 4) is 5.75 Å². The highest BCUT2D eigenvalue weighted by Crippen LogP contribution is 2.26. The summed E-state index contributed by atoms with van der Waals surface area (Å²) < 4.78 is 60.7. The number of likely N-dealkylation sites (N-methyl/N-ethyl adjacent to an activating group) is 1. The Hall–Kier alpha value is -3.99. The van der Waals surface area contributed by atoms with Crippen LogP contribution < -0.4 is 14.4 Å². The van der Waals surface area contributed by atoms with Crippen molar-refractivity contribution >= 4 is 27.5 Å². The van der Waals surface area contributed by atoms with Gasteiger partial charge in [-0.3, -0.25) is 13.9 Å². The Bertz CT molecular complexity index is 1350. The quantitative estimate of drug-likeness (QED) is 0.396. The lowest BCUT2D eigenvalue weighted by atomic mass is 10.1. The third-order valence-corrected chi connectivity index (χ3v) is 7.58. The molecule has 0 heterocycles. The molecule has 8 nitrogen and oxygen atoms in total. The van der Waals surface area contributed by atoms with Gasteiger partial charge in [0.15, 0.2) is 0 Å². The Morgan fingerprint density at radius 2 is 1.47 bits per heavy atom. The van der Waals surface area contributed by atoms with Gasteiger partial charge in [0.1, 0.15) is 30.0 Å². The van der Waals surface area contributed by atoms with Crippen LogP contribution in [0.3, 0.4) is 0 Å². The van der Waals surface area contributed by atoms with Crippen molar-refractivity contribution in [1.29, 1.82) is 0 Å². The monoisotopic (exact) mass is 545 g/mol. The molecule has 0 spiro atoms. The number of hydrogen-bond acceptors (Lipinski definition) is 5. The number of ether oxygens (including phenoxy) is 1. The molecule has 3 aromatic carbocycles. The second kappa shape index (κ2) is 12.5. The van der Waals surface area contributed by atoms with Gasteiger partial charge in [0.05, 0.1) is 17.2 Å². The molecule has 0 radical (unpaired) electrons. The van der Waals surface area contributed by atoms with Crippen molar-refractivity contribution in [3.05, 3.63) is 90.0 Å². The summed E-state index contributed by atoms with van der Waals surface area (Å²) in [6.07, 6.45) is 0. The van der Waals surface area contributed by atoms with Gasteiger partial charge in [-0.25, -0.2) is 17.2 Å². The zero-order valence-corrected chi connectivity index (χ0v) is 22.0. The Labute approximate surface area is 220 Å². The number of carbonyl (C=O) groups is 2. The summed E-state index contributed by atoms with van der Waals surface area (Å²) in [5.41, 5.74) is 0.598. The first kappa shape index (κ1) is 28.6. The van der Waals surface area contributed by atoms with Crippen molar-refractivity contribution in [2.45, 2.75) is 31.3 Å². The molecule has 0 saturated heterocycles. The van der Waals surface area contributed by atoms with Gasteiger partial charge in [-0.15, -0.1) is 0 Å². The van der Waals surface area contributed by atoms with E-state index in [0.29, 0.717) is 17.9 Å². The number of benzene rings is 3. The predicted molar refractivity (Wildman–Crippen MR) is 139 cm³/mol. The number of nitrogens with one attached hydrogen (secondary N) is 1. The first-order valence-corrected chi connectivity index (χ1v) is 13.3. The second-order valence-corrected chi connectivity index (χ2v) is 10.2. The number of hydrogen-bond donors (Lipinski definition) is 1. The number of anilines is 1. The summed E-state index contributed by atoms with van der Waals surface area (Å²) in [7, 11) is -2.88. The SMILES string of the molecule is CCOc1ccc(S(=O)(=O)N(CC(=O)N(Cc2ccc(F)cc2)[C@@H](C)C(=O)NC)c2ccc(F)cc2)cc1. The highest BCUT2D eigenvalue weighted by molar-refractivity contribution is 7.92. The number of amides is 2. The third kappa shape index (κ3) is 6.86. The number of sulfonamides is 1. The Balaban J connectivity index is 2.00. The van der Waals surface area contributed by atoms with Gasteiger partial charge in [0, 0.05) is 13.6 Å². The highest BCUT2D eigenvalue weighted by atomic mass is 32.2. The molecule has 2 amide bonds. The smallest absolute Gasteiger partial charge is 0.264 e. The second-order valence-electron chi connectivity index (χ2n) is 8.33. The summed E-state index contributed by atoms with van der Waals surface area (Å²) in [6.45, 7) is 2.95. The number of carbonyl (C=O) groups excluding carboxylic acids is 2. The first-order valence-electron chi connectivity index (χ1n) is 11.8. The summed E-state index contributed by atoms with van der Waals surface area (Å²) in [6, 6.07) is 14.8. The van der Waals surface area contributed by atoms with Crippen LogP contribution in [0.5, 0.6) is 5.75 Å². The van der Waals surface area contributed by atoms with E-state index in [0.717, 1.165) is 16.4 Å². The van der Waals surface area contributed by atoms with E-state index in [1.54, 1.807) is 6.92 Å². The largest absolute Gasteiger partial charge is 0.494 e. The van der Waals surface area contributed by atoms with Crippen LogP contribution in [0.15, 0.2) is 77.7 Å². The van der Waals surface area contributed by atoms with E-state index in [9.17, 15) is 26.8 Å². The van der Waals surface area contributed by atoms with Crippen molar-refractivity contribution in [2.24, 2.45) is 0 Å². The van der Waals surface area contributed by atoms with Crippen LogP contribution in [-0.2, 0) is 26.2 Å². The molecular weight excluding hydrogens is 516 g/mol. The van der Waals surface area contributed by atoms with E-state index in [2.05, 4.69) is 5.32 Å². The van der Waals surface area contributed by atoms with Gasteiger partial charge in [-0.2, -0.15) is 0 Å². The van der Waals surface area contributed by atoms with Crippen LogP contribution in [0.2, 0.25) is 0 Å². The normalized spacial score (nSPS) is 11.9. The van der Waals surface area contributed by atoms with Crippen LogP contribution in [0, 0.1) is 11.6 Å². The van der Waals surface area contributed by atoms with Gasteiger partial charge in [-0.05, 0) is 80.1 Å². The predicted octanol–water partition coefficient (Wildman–Crippen LogP) is 3.72. The van der Waals surface area contributed by atoms with Crippen LogP contribution in [-0.4, -0.2) is 51.4 Å². The fourth-order valence-corrected chi connectivity index (χ4v) is 5.13. The molecular formula is C27H29F2N3O5S. The lowest BCUT2D eigenvalue weighted by Gasteiger charge is -2.31. The summed E-state index contributed by atoms with van der Waals surface area (Å²) in [5, 5.41) is 2.48. The zero-order valence-electron chi connectivity index (χ0n) is 21.2. The van der Waals surface area contributed by atoms with E-state index < -0.39 is 46.1 Å². The minimum atomic E-state index is -4.30. The number of rotatable bonds is 11. The van der Waals surface area contributed by atoms with Crippen LogP contribution in [0.1, 0.15) is 19.4 Å². The molecule has 0 saturated carbocycles. The van der Waals surface area contributed by atoms with Crippen molar-refractivity contribution in [1.82, 2.24) is 10.2 Å². The average molecular weight is 546 g/mol. The molecule has 0 bridgehead atoms. The maximum atomic E-state index is 13.7. The maximum absolute atomic E-state index is 13.7. The Morgan fingerprint density at radius 1 is 0.921 bits per heavy atom. The molecule has 0 aliphatic carbocycles. The van der Waals surface area contributed by atoms with Gasteiger partial charge in [-0.1, -0.05) is 12.1 Å². The van der Waals surface area contributed by atoms with E-state index in [1.807, 2.05) is 0 Å². The molecule has 1 atom stereocenters. The molecule has 0 aliphatic rings. The molecule has 202 valence electrons. The van der Waals surface area contributed by atoms with Crippen LogP contribution in [0.25, 0.3) is 0 Å². The van der Waals surface area contributed by atoms with Gasteiger partial charge in [0.2, 0.25) is 11.8 Å². The molecule has 0 fully saturated rings. The molecule has 0 aromatic heterocycles. The van der Waals surface area contributed by atoms with E-state index in [-0.39, 0.29) is 17.1 Å². The highest BCUT2D eigenvalue weighted by Gasteiger charge is 2.32. The summed E-state index contributed by atoms with van der Waals surface area (Å²) in [5.74, 6) is -1.73. The van der Waals surface area contributed by atoms with Gasteiger partial charge >= 0.3 is 0 Å². The summed E-state index contributed by atoms with van der Waals surface area (Å²) >= 11 is 0. The molecule has 11 heteroatoms. The summed E-state index contributed by atoms with van der Waals surface area (Å²) in [4.78, 5) is 27.2. The molecule has 3 rings (SSSR count). The van der Waals surface area contributed by atoms with Gasteiger partial charge in [0.25, 0.3) is 10.0 Å². The molecule has 1 N–H and O–H groups in total. The van der Waals surface area contributed by atoms with Crippen molar-refractivity contribution < 1.29 is 31.5 Å². The maximum Gasteiger partial charge on any atom is 0.264 e. The fraction of sp³-hybridized carbons (Fsp3) is 0.259. The van der Waals surface area contributed by atoms with Crippen LogP contribution >= 0.6 is 0 Å². The van der Waals surface area contributed by atoms with Crippen molar-refractivity contribution in [2.75, 3.05) is 24.5 Å². The van der Waals surface area contributed by atoms with Crippen molar-refractivity contribution in [3.63, 3.8) is 0 Å². The first-order chi connectivity index (χ1) is 18.1. The molecule has 0 aliphatic heterocycles. The zero-order chi connectivity index (χ0) is 27.9. The average Bonchev–Trinajstić information content (AvgIpc) is 2.91. The molecule has 0 unspecified atom stereocenters. The number of halogens is 2. The molecule has 38 heavy (non-hydrogen) atoms. The lowest BCUT2D eigenvalue weighted by molar-refractivity contribution is -0.139. The topological polar surface area (TPSA) is 96.0 Å². The lowest BCUT2D eigenvalue weighted by Crippen LogP contribution is -2.50. The van der Waals surface area contributed by atoms with E-state index in [4.69, 9.17) is 4.74 Å². The Morgan fingerprint density at radius 3 is 2.00 bits per heavy atom. The van der Waals surface area contributed by atoms with Gasteiger partial charge < -0.3 is 15.0 Å². The minimum Gasteiger partial charge on any atom is -0.494 e. The molecule has 3 aromatic rings. The third-order valence-electron chi connectivity index (χ3n) is 5.80.